The Morgan fingerprint density at radius 3 is 2.76 bits per heavy atom. The lowest BCUT2D eigenvalue weighted by Gasteiger charge is -2.33. The number of hydrogen-bond acceptors (Lipinski definition) is 2. The third-order valence-corrected chi connectivity index (χ3v) is 4.33. The van der Waals surface area contributed by atoms with Crippen LogP contribution in [0.5, 0.6) is 0 Å². The Labute approximate surface area is 133 Å². The SMILES string of the molecule is C[C@@H]1CCN(C(=O)c2ccc(Cl)nc2Cl)c2ccccc21. The number of pyridine rings is 1. The van der Waals surface area contributed by atoms with Gasteiger partial charge in [0.15, 0.2) is 0 Å². The van der Waals surface area contributed by atoms with Crippen LogP contribution in [0.2, 0.25) is 10.3 Å². The summed E-state index contributed by atoms with van der Waals surface area (Å²) in [6, 6.07) is 11.2. The zero-order chi connectivity index (χ0) is 15.0. The maximum atomic E-state index is 12.8. The Hall–Kier alpha value is -1.58. The van der Waals surface area contributed by atoms with Crippen molar-refractivity contribution in [1.29, 1.82) is 0 Å². The maximum absolute atomic E-state index is 12.8. The van der Waals surface area contributed by atoms with E-state index in [1.165, 1.54) is 5.56 Å². The summed E-state index contributed by atoms with van der Waals surface area (Å²) in [6.07, 6.45) is 0.932. The van der Waals surface area contributed by atoms with E-state index in [0.717, 1.165) is 12.1 Å². The van der Waals surface area contributed by atoms with Gasteiger partial charge in [0, 0.05) is 12.2 Å². The quantitative estimate of drug-likeness (QED) is 0.722. The van der Waals surface area contributed by atoms with Crippen molar-refractivity contribution in [1.82, 2.24) is 4.98 Å². The number of rotatable bonds is 1. The second kappa shape index (κ2) is 5.66. The van der Waals surface area contributed by atoms with Gasteiger partial charge in [-0.15, -0.1) is 0 Å². The number of hydrogen-bond donors (Lipinski definition) is 0. The highest BCUT2D eigenvalue weighted by atomic mass is 35.5. The lowest BCUT2D eigenvalue weighted by atomic mass is 9.91. The molecule has 1 aromatic heterocycles. The van der Waals surface area contributed by atoms with Crippen LogP contribution in [0.15, 0.2) is 36.4 Å². The molecule has 1 aromatic carbocycles. The molecule has 21 heavy (non-hydrogen) atoms. The molecule has 1 aliphatic rings. The van der Waals surface area contributed by atoms with Crippen LogP contribution >= 0.6 is 23.2 Å². The first-order valence-electron chi connectivity index (χ1n) is 6.81. The minimum atomic E-state index is -0.136. The predicted molar refractivity (Wildman–Crippen MR) is 85.4 cm³/mol. The van der Waals surface area contributed by atoms with Gasteiger partial charge in [0.25, 0.3) is 5.91 Å². The molecule has 0 saturated carbocycles. The summed E-state index contributed by atoms with van der Waals surface area (Å²) < 4.78 is 0. The van der Waals surface area contributed by atoms with Crippen molar-refractivity contribution in [2.24, 2.45) is 0 Å². The summed E-state index contributed by atoms with van der Waals surface area (Å²) in [7, 11) is 0. The lowest BCUT2D eigenvalue weighted by molar-refractivity contribution is 0.0984. The van der Waals surface area contributed by atoms with Crippen molar-refractivity contribution in [2.75, 3.05) is 11.4 Å². The molecule has 0 radical (unpaired) electrons. The first-order chi connectivity index (χ1) is 10.1. The maximum Gasteiger partial charge on any atom is 0.261 e. The van der Waals surface area contributed by atoms with Gasteiger partial charge in [0.2, 0.25) is 0 Å². The molecule has 1 aliphatic heterocycles. The minimum absolute atomic E-state index is 0.136. The highest BCUT2D eigenvalue weighted by molar-refractivity contribution is 6.35. The molecule has 3 nitrogen and oxygen atoms in total. The van der Waals surface area contributed by atoms with E-state index in [1.807, 2.05) is 18.2 Å². The molecule has 0 N–H and O–H groups in total. The standard InChI is InChI=1S/C16H14Cl2N2O/c1-10-8-9-20(13-5-3-2-4-11(10)13)16(21)12-6-7-14(17)19-15(12)18/h2-7,10H,8-9H2,1H3/t10-/m1/s1. The molecule has 3 rings (SSSR count). The zero-order valence-corrected chi connectivity index (χ0v) is 13.0. The molecule has 2 aromatic rings. The zero-order valence-electron chi connectivity index (χ0n) is 11.5. The number of halogens is 2. The Morgan fingerprint density at radius 1 is 1.24 bits per heavy atom. The van der Waals surface area contributed by atoms with Crippen molar-refractivity contribution in [3.8, 4) is 0 Å². The average Bonchev–Trinajstić information content (AvgIpc) is 2.47. The van der Waals surface area contributed by atoms with E-state index in [0.29, 0.717) is 18.0 Å². The van der Waals surface area contributed by atoms with E-state index in [1.54, 1.807) is 17.0 Å². The molecular weight excluding hydrogens is 307 g/mol. The fourth-order valence-electron chi connectivity index (χ4n) is 2.68. The summed E-state index contributed by atoms with van der Waals surface area (Å²) in [6.45, 7) is 2.85. The van der Waals surface area contributed by atoms with Gasteiger partial charge < -0.3 is 4.90 Å². The molecule has 108 valence electrons. The Morgan fingerprint density at radius 2 is 2.00 bits per heavy atom. The van der Waals surface area contributed by atoms with E-state index in [2.05, 4.69) is 18.0 Å². The summed E-state index contributed by atoms with van der Waals surface area (Å²) in [5.74, 6) is 0.313. The monoisotopic (exact) mass is 320 g/mol. The van der Waals surface area contributed by atoms with E-state index in [4.69, 9.17) is 23.2 Å². The van der Waals surface area contributed by atoms with Crippen molar-refractivity contribution in [3.05, 3.63) is 57.8 Å². The van der Waals surface area contributed by atoms with Gasteiger partial charge in [-0.1, -0.05) is 48.3 Å². The molecule has 0 aliphatic carbocycles. The van der Waals surface area contributed by atoms with Crippen LogP contribution in [-0.4, -0.2) is 17.4 Å². The first-order valence-corrected chi connectivity index (χ1v) is 7.56. The number of para-hydroxylation sites is 1. The van der Waals surface area contributed by atoms with E-state index in [9.17, 15) is 4.79 Å². The van der Waals surface area contributed by atoms with E-state index in [-0.39, 0.29) is 16.2 Å². The first kappa shape index (κ1) is 14.4. The number of carbonyl (C=O) groups is 1. The fourth-order valence-corrected chi connectivity index (χ4v) is 3.10. The van der Waals surface area contributed by atoms with Crippen molar-refractivity contribution >= 4 is 34.8 Å². The van der Waals surface area contributed by atoms with Gasteiger partial charge in [-0.25, -0.2) is 4.98 Å². The largest absolute Gasteiger partial charge is 0.308 e. The van der Waals surface area contributed by atoms with E-state index < -0.39 is 0 Å². The normalized spacial score (nSPS) is 17.5. The number of fused-ring (bicyclic) bond motifs is 1. The molecule has 0 saturated heterocycles. The molecule has 0 unspecified atom stereocenters. The summed E-state index contributed by atoms with van der Waals surface area (Å²) >= 11 is 11.8. The minimum Gasteiger partial charge on any atom is -0.308 e. The summed E-state index contributed by atoms with van der Waals surface area (Å²) in [5.41, 5.74) is 2.52. The summed E-state index contributed by atoms with van der Waals surface area (Å²) in [5, 5.41) is 0.424. The molecular formula is C16H14Cl2N2O. The Kier molecular flexibility index (Phi) is 3.87. The number of carbonyl (C=O) groups excluding carboxylic acids is 1. The molecule has 1 amide bonds. The highest BCUT2D eigenvalue weighted by Crippen LogP contribution is 2.36. The molecule has 0 spiro atoms. The van der Waals surface area contributed by atoms with Crippen LogP contribution in [0.25, 0.3) is 0 Å². The topological polar surface area (TPSA) is 33.2 Å². The van der Waals surface area contributed by atoms with Gasteiger partial charge in [0.1, 0.15) is 10.3 Å². The van der Waals surface area contributed by atoms with Crippen LogP contribution in [0, 0.1) is 0 Å². The van der Waals surface area contributed by atoms with Crippen molar-refractivity contribution < 1.29 is 4.79 Å². The predicted octanol–water partition coefficient (Wildman–Crippen LogP) is 4.54. The lowest BCUT2D eigenvalue weighted by Crippen LogP contribution is -2.36. The van der Waals surface area contributed by atoms with Gasteiger partial charge in [-0.05, 0) is 36.1 Å². The Balaban J connectivity index is 2.01. The smallest absolute Gasteiger partial charge is 0.261 e. The molecule has 5 heteroatoms. The van der Waals surface area contributed by atoms with Crippen molar-refractivity contribution in [3.63, 3.8) is 0 Å². The van der Waals surface area contributed by atoms with Crippen LogP contribution in [0.1, 0.15) is 35.2 Å². The highest BCUT2D eigenvalue weighted by Gasteiger charge is 2.28. The van der Waals surface area contributed by atoms with Gasteiger partial charge in [-0.3, -0.25) is 4.79 Å². The number of nitrogens with zero attached hydrogens (tertiary/aromatic N) is 2. The summed E-state index contributed by atoms with van der Waals surface area (Å²) in [4.78, 5) is 18.5. The average molecular weight is 321 g/mol. The molecule has 1 atom stereocenters. The molecule has 0 bridgehead atoms. The second-order valence-corrected chi connectivity index (χ2v) is 5.92. The molecule has 2 heterocycles. The fraction of sp³-hybridized carbons (Fsp3) is 0.250. The van der Waals surface area contributed by atoms with Gasteiger partial charge in [-0.2, -0.15) is 0 Å². The second-order valence-electron chi connectivity index (χ2n) is 5.18. The number of benzene rings is 1. The van der Waals surface area contributed by atoms with Gasteiger partial charge >= 0.3 is 0 Å². The van der Waals surface area contributed by atoms with Gasteiger partial charge in [0.05, 0.1) is 5.56 Å². The van der Waals surface area contributed by atoms with Crippen molar-refractivity contribution in [2.45, 2.75) is 19.3 Å². The number of aromatic nitrogens is 1. The number of anilines is 1. The molecule has 0 fully saturated rings. The van der Waals surface area contributed by atoms with Crippen LogP contribution in [0.4, 0.5) is 5.69 Å². The van der Waals surface area contributed by atoms with E-state index >= 15 is 0 Å². The third kappa shape index (κ3) is 2.63. The third-order valence-electron chi connectivity index (χ3n) is 3.83. The van der Waals surface area contributed by atoms with Crippen LogP contribution in [-0.2, 0) is 0 Å². The Bertz CT molecular complexity index is 702. The van der Waals surface area contributed by atoms with Crippen LogP contribution in [0.3, 0.4) is 0 Å². The number of amides is 1. The van der Waals surface area contributed by atoms with Crippen LogP contribution < -0.4 is 4.90 Å².